The molecule has 2 aromatic heterocycles. The molecule has 9 nitrogen and oxygen atoms in total. The number of hydrogen-bond acceptors (Lipinski definition) is 7. The molecule has 0 fully saturated rings. The van der Waals surface area contributed by atoms with E-state index in [1.807, 2.05) is 13.8 Å². The number of nitrogens with zero attached hydrogens (tertiary/aromatic N) is 3. The molecule has 2 aromatic carbocycles. The van der Waals surface area contributed by atoms with E-state index in [9.17, 15) is 17.2 Å². The van der Waals surface area contributed by atoms with Crippen LogP contribution in [-0.4, -0.2) is 34.9 Å². The van der Waals surface area contributed by atoms with E-state index in [-0.39, 0.29) is 17.5 Å². The Bertz CT molecular complexity index is 1370. The third-order valence-electron chi connectivity index (χ3n) is 4.34. The van der Waals surface area contributed by atoms with Gasteiger partial charge in [-0.15, -0.1) is 0 Å². The minimum absolute atomic E-state index is 0.00205. The highest BCUT2D eigenvalue weighted by Crippen LogP contribution is 2.30. The topological polar surface area (TPSA) is 125 Å². The second kappa shape index (κ2) is 8.38. The summed E-state index contributed by atoms with van der Waals surface area (Å²) in [5.41, 5.74) is 1.79. The van der Waals surface area contributed by atoms with Gasteiger partial charge in [0.15, 0.2) is 10.7 Å². The number of nitrogens with one attached hydrogen (secondary N) is 4. The Hall–Kier alpha value is -3.80. The molecule has 4 N–H and O–H groups in total. The molecule has 0 spiro atoms. The first-order valence-electron chi connectivity index (χ1n) is 9.55. The summed E-state index contributed by atoms with van der Waals surface area (Å²) >= 11 is 0. The summed E-state index contributed by atoms with van der Waals surface area (Å²) in [5, 5.41) is 16.7. The smallest absolute Gasteiger partial charge is 0.267 e. The van der Waals surface area contributed by atoms with E-state index < -0.39 is 26.6 Å². The number of benzene rings is 2. The van der Waals surface area contributed by atoms with E-state index >= 15 is 0 Å². The molecule has 0 aliphatic heterocycles. The molecule has 0 saturated carbocycles. The number of aromatic nitrogens is 4. The molecule has 0 saturated heterocycles. The number of aromatic amines is 1. The van der Waals surface area contributed by atoms with Crippen molar-refractivity contribution in [2.75, 3.05) is 15.4 Å². The number of rotatable bonds is 7. The van der Waals surface area contributed by atoms with Gasteiger partial charge >= 0.3 is 0 Å². The van der Waals surface area contributed by atoms with Crippen molar-refractivity contribution in [2.24, 2.45) is 0 Å². The highest BCUT2D eigenvalue weighted by Gasteiger charge is 2.25. The standard InChI is InChI=1S/C20H19F2N7O2S/c1-11(2)23-18-9-8-16(28-32(30,31)19-13(21)4-3-5-14(19)22)20(25-18)24-12-6-7-15-17(10-12)27-29-26-15/h3-11,28H,1-2H3,(H2,23,24,25)(H,26,27,29). The number of halogens is 2. The summed E-state index contributed by atoms with van der Waals surface area (Å²) in [4.78, 5) is 3.35. The fourth-order valence-corrected chi connectivity index (χ4v) is 4.21. The molecular weight excluding hydrogens is 440 g/mol. The molecule has 0 unspecified atom stereocenters. The Morgan fingerprint density at radius 2 is 1.69 bits per heavy atom. The number of fused-ring (bicyclic) bond motifs is 1. The largest absolute Gasteiger partial charge is 0.368 e. The van der Waals surface area contributed by atoms with E-state index in [1.165, 1.54) is 6.07 Å². The highest BCUT2D eigenvalue weighted by atomic mass is 32.2. The Balaban J connectivity index is 1.73. The quantitative estimate of drug-likeness (QED) is 0.329. The molecule has 0 bridgehead atoms. The van der Waals surface area contributed by atoms with E-state index in [2.05, 4.69) is 35.8 Å². The van der Waals surface area contributed by atoms with Crippen LogP contribution in [0.15, 0.2) is 53.4 Å². The third kappa shape index (κ3) is 4.44. The van der Waals surface area contributed by atoms with Gasteiger partial charge in [0.05, 0.1) is 5.69 Å². The molecule has 2 heterocycles. The average molecular weight is 459 g/mol. The number of hydrogen-bond donors (Lipinski definition) is 4. The monoisotopic (exact) mass is 459 g/mol. The minimum atomic E-state index is -4.58. The maximum Gasteiger partial charge on any atom is 0.267 e. The van der Waals surface area contributed by atoms with Crippen molar-refractivity contribution >= 4 is 44.1 Å². The number of sulfonamides is 1. The van der Waals surface area contributed by atoms with Crippen LogP contribution in [-0.2, 0) is 10.0 Å². The Morgan fingerprint density at radius 3 is 2.41 bits per heavy atom. The zero-order valence-electron chi connectivity index (χ0n) is 17.0. The summed E-state index contributed by atoms with van der Waals surface area (Å²) in [6.07, 6.45) is 0. The molecule has 0 radical (unpaired) electrons. The summed E-state index contributed by atoms with van der Waals surface area (Å²) in [6, 6.07) is 11.0. The summed E-state index contributed by atoms with van der Waals surface area (Å²) in [7, 11) is -4.58. The van der Waals surface area contributed by atoms with Crippen LogP contribution in [0.3, 0.4) is 0 Å². The van der Waals surface area contributed by atoms with Gasteiger partial charge < -0.3 is 10.6 Å². The van der Waals surface area contributed by atoms with Gasteiger partial charge in [0.2, 0.25) is 0 Å². The number of anilines is 4. The van der Waals surface area contributed by atoms with Gasteiger partial charge in [-0.05, 0) is 56.3 Å². The zero-order chi connectivity index (χ0) is 22.9. The predicted octanol–water partition coefficient (Wildman–Crippen LogP) is 4.00. The first-order chi connectivity index (χ1) is 15.2. The lowest BCUT2D eigenvalue weighted by Crippen LogP contribution is -2.18. The van der Waals surface area contributed by atoms with E-state index in [0.717, 1.165) is 18.2 Å². The van der Waals surface area contributed by atoms with Crippen LogP contribution in [0.5, 0.6) is 0 Å². The van der Waals surface area contributed by atoms with Crippen molar-refractivity contribution in [3.8, 4) is 0 Å². The normalized spacial score (nSPS) is 11.7. The van der Waals surface area contributed by atoms with Gasteiger partial charge in [-0.2, -0.15) is 15.4 Å². The molecule has 4 rings (SSSR count). The van der Waals surface area contributed by atoms with Gasteiger partial charge in [0.25, 0.3) is 10.0 Å². The fraction of sp³-hybridized carbons (Fsp3) is 0.150. The molecule has 166 valence electrons. The first kappa shape index (κ1) is 21.4. The van der Waals surface area contributed by atoms with E-state index in [0.29, 0.717) is 22.5 Å². The SMILES string of the molecule is CC(C)Nc1ccc(NS(=O)(=O)c2c(F)cccc2F)c(Nc2ccc3n[nH]nc3c2)n1. The highest BCUT2D eigenvalue weighted by molar-refractivity contribution is 7.92. The minimum Gasteiger partial charge on any atom is -0.368 e. The van der Waals surface area contributed by atoms with Crippen LogP contribution in [0.1, 0.15) is 13.8 Å². The number of pyridine rings is 1. The zero-order valence-corrected chi connectivity index (χ0v) is 17.8. The lowest BCUT2D eigenvalue weighted by molar-refractivity contribution is 0.521. The molecule has 0 aliphatic rings. The predicted molar refractivity (Wildman–Crippen MR) is 117 cm³/mol. The van der Waals surface area contributed by atoms with Gasteiger partial charge in [-0.3, -0.25) is 4.72 Å². The van der Waals surface area contributed by atoms with Crippen molar-refractivity contribution < 1.29 is 17.2 Å². The molecule has 32 heavy (non-hydrogen) atoms. The summed E-state index contributed by atoms with van der Waals surface area (Å²) < 4.78 is 56.0. The Morgan fingerprint density at radius 1 is 0.969 bits per heavy atom. The molecule has 0 aliphatic carbocycles. The van der Waals surface area contributed by atoms with Gasteiger partial charge in [0, 0.05) is 11.7 Å². The van der Waals surface area contributed by atoms with Crippen molar-refractivity contribution in [1.82, 2.24) is 20.4 Å². The van der Waals surface area contributed by atoms with Crippen LogP contribution >= 0.6 is 0 Å². The van der Waals surface area contributed by atoms with Crippen molar-refractivity contribution in [3.63, 3.8) is 0 Å². The van der Waals surface area contributed by atoms with Gasteiger partial charge in [0.1, 0.15) is 28.5 Å². The van der Waals surface area contributed by atoms with Gasteiger partial charge in [-0.25, -0.2) is 22.2 Å². The second-order valence-corrected chi connectivity index (χ2v) is 8.82. The van der Waals surface area contributed by atoms with Crippen molar-refractivity contribution in [1.29, 1.82) is 0 Å². The number of H-pyrrole nitrogens is 1. The first-order valence-corrected chi connectivity index (χ1v) is 11.0. The summed E-state index contributed by atoms with van der Waals surface area (Å²) in [6.45, 7) is 3.84. The second-order valence-electron chi connectivity index (χ2n) is 7.20. The van der Waals surface area contributed by atoms with E-state index in [4.69, 9.17) is 0 Å². The molecule has 12 heteroatoms. The molecule has 4 aromatic rings. The van der Waals surface area contributed by atoms with Crippen molar-refractivity contribution in [2.45, 2.75) is 24.8 Å². The Labute approximate surface area is 182 Å². The van der Waals surface area contributed by atoms with Crippen LogP contribution in [0.25, 0.3) is 11.0 Å². The van der Waals surface area contributed by atoms with Crippen LogP contribution in [0.2, 0.25) is 0 Å². The third-order valence-corrected chi connectivity index (χ3v) is 5.76. The van der Waals surface area contributed by atoms with E-state index in [1.54, 1.807) is 24.3 Å². The summed E-state index contributed by atoms with van der Waals surface area (Å²) in [5.74, 6) is -1.80. The lowest BCUT2D eigenvalue weighted by Gasteiger charge is -2.17. The molecular formula is C20H19F2N7O2S. The van der Waals surface area contributed by atoms with Crippen LogP contribution < -0.4 is 15.4 Å². The van der Waals surface area contributed by atoms with Crippen LogP contribution in [0, 0.1) is 11.6 Å². The van der Waals surface area contributed by atoms with Crippen molar-refractivity contribution in [3.05, 3.63) is 60.2 Å². The lowest BCUT2D eigenvalue weighted by atomic mass is 10.2. The van der Waals surface area contributed by atoms with Gasteiger partial charge in [-0.1, -0.05) is 6.07 Å². The van der Waals surface area contributed by atoms with Crippen LogP contribution in [0.4, 0.5) is 31.8 Å². The Kier molecular flexibility index (Phi) is 5.61. The molecule has 0 amide bonds. The fourth-order valence-electron chi connectivity index (χ4n) is 3.00. The average Bonchev–Trinajstić information content (AvgIpc) is 3.17. The maximum atomic E-state index is 14.1. The molecule has 0 atom stereocenters. The maximum absolute atomic E-state index is 14.1.